The molecular formula is C23H29N5O2S2. The molecule has 2 aliphatic rings. The van der Waals surface area contributed by atoms with E-state index >= 15 is 0 Å². The van der Waals surface area contributed by atoms with Crippen molar-refractivity contribution < 1.29 is 4.79 Å². The molecule has 32 heavy (non-hydrogen) atoms. The molecule has 9 heteroatoms. The van der Waals surface area contributed by atoms with Gasteiger partial charge in [-0.3, -0.25) is 9.59 Å². The number of nitrogens with one attached hydrogen (secondary N) is 1. The number of aryl methyl sites for hydroxylation is 1. The Balaban J connectivity index is 1.26. The second kappa shape index (κ2) is 8.94. The molecule has 1 saturated heterocycles. The molecule has 1 aliphatic carbocycles. The van der Waals surface area contributed by atoms with Gasteiger partial charge >= 0.3 is 0 Å². The van der Waals surface area contributed by atoms with E-state index in [1.165, 1.54) is 20.7 Å². The number of piperidine rings is 1. The van der Waals surface area contributed by atoms with E-state index in [1.54, 1.807) is 11.3 Å². The number of fused-ring (bicyclic) bond motifs is 2. The Morgan fingerprint density at radius 1 is 1.22 bits per heavy atom. The molecule has 170 valence electrons. The van der Waals surface area contributed by atoms with Gasteiger partial charge in [0, 0.05) is 29.4 Å². The van der Waals surface area contributed by atoms with Crippen LogP contribution in [0.15, 0.2) is 22.3 Å². The van der Waals surface area contributed by atoms with Gasteiger partial charge in [-0.15, -0.1) is 16.4 Å². The topological polar surface area (TPSA) is 79.6 Å². The van der Waals surface area contributed by atoms with Crippen LogP contribution in [0.5, 0.6) is 0 Å². The number of anilines is 1. The van der Waals surface area contributed by atoms with Crippen LogP contribution in [0.25, 0.3) is 4.96 Å². The number of thiophene rings is 1. The zero-order valence-corrected chi connectivity index (χ0v) is 20.2. The van der Waals surface area contributed by atoms with E-state index < -0.39 is 0 Å². The van der Waals surface area contributed by atoms with Crippen molar-refractivity contribution in [2.75, 3.05) is 18.0 Å². The van der Waals surface area contributed by atoms with Crippen molar-refractivity contribution in [3.8, 4) is 0 Å². The summed E-state index contributed by atoms with van der Waals surface area (Å²) in [4.78, 5) is 34.7. The minimum absolute atomic E-state index is 0.00484. The SMILES string of the molecule is CC(C)[C@H](NC(=O)C1CCN(c2nn3c(=O)c4c(nc3s2)CCCC4)CC1)c1cccs1. The second-order valence-corrected chi connectivity index (χ2v) is 11.0. The van der Waals surface area contributed by atoms with Crippen LogP contribution in [0.3, 0.4) is 0 Å². The number of nitrogens with zero attached hydrogens (tertiary/aromatic N) is 4. The van der Waals surface area contributed by atoms with Gasteiger partial charge < -0.3 is 10.2 Å². The molecule has 4 heterocycles. The Kier molecular flexibility index (Phi) is 6.03. The van der Waals surface area contributed by atoms with E-state index in [1.807, 2.05) is 6.07 Å². The van der Waals surface area contributed by atoms with Gasteiger partial charge in [-0.2, -0.15) is 4.52 Å². The van der Waals surface area contributed by atoms with E-state index in [-0.39, 0.29) is 23.4 Å². The Hall–Kier alpha value is -2.26. The molecule has 3 aromatic heterocycles. The highest BCUT2D eigenvalue weighted by atomic mass is 32.1. The fourth-order valence-corrected chi connectivity index (χ4v) is 6.64. The summed E-state index contributed by atoms with van der Waals surface area (Å²) in [7, 11) is 0. The third kappa shape index (κ3) is 4.08. The van der Waals surface area contributed by atoms with Crippen molar-refractivity contribution in [3.05, 3.63) is 44.0 Å². The summed E-state index contributed by atoms with van der Waals surface area (Å²) in [6.07, 6.45) is 5.41. The lowest BCUT2D eigenvalue weighted by Crippen LogP contribution is -2.42. The fourth-order valence-electron chi connectivity index (χ4n) is 4.73. The second-order valence-electron chi connectivity index (χ2n) is 9.14. The summed E-state index contributed by atoms with van der Waals surface area (Å²) in [5.74, 6) is 0.499. The highest BCUT2D eigenvalue weighted by Crippen LogP contribution is 2.30. The van der Waals surface area contributed by atoms with Gasteiger partial charge in [-0.05, 0) is 55.9 Å². The van der Waals surface area contributed by atoms with E-state index in [0.29, 0.717) is 10.9 Å². The monoisotopic (exact) mass is 471 g/mol. The molecule has 0 saturated carbocycles. The van der Waals surface area contributed by atoms with Crippen molar-refractivity contribution >= 4 is 38.7 Å². The van der Waals surface area contributed by atoms with Crippen LogP contribution in [0.2, 0.25) is 0 Å². The molecule has 1 N–H and O–H groups in total. The minimum Gasteiger partial charge on any atom is -0.348 e. The Labute approximate surface area is 195 Å². The summed E-state index contributed by atoms with van der Waals surface area (Å²) in [6, 6.07) is 4.20. The quantitative estimate of drug-likeness (QED) is 0.612. The highest BCUT2D eigenvalue weighted by molar-refractivity contribution is 7.20. The van der Waals surface area contributed by atoms with Gasteiger partial charge in [0.2, 0.25) is 16.0 Å². The molecule has 0 unspecified atom stereocenters. The largest absolute Gasteiger partial charge is 0.348 e. The van der Waals surface area contributed by atoms with Crippen LogP contribution < -0.4 is 15.8 Å². The molecule has 7 nitrogen and oxygen atoms in total. The number of carbonyl (C=O) groups is 1. The molecule has 0 spiro atoms. The average molecular weight is 472 g/mol. The van der Waals surface area contributed by atoms with Gasteiger partial charge in [-0.25, -0.2) is 4.98 Å². The molecule has 0 bridgehead atoms. The molecule has 5 rings (SSSR count). The number of hydrogen-bond acceptors (Lipinski definition) is 7. The van der Waals surface area contributed by atoms with Gasteiger partial charge in [0.05, 0.1) is 11.7 Å². The summed E-state index contributed by atoms with van der Waals surface area (Å²) >= 11 is 3.17. The zero-order chi connectivity index (χ0) is 22.2. The number of hydrogen-bond donors (Lipinski definition) is 1. The summed E-state index contributed by atoms with van der Waals surface area (Å²) in [5, 5.41) is 10.8. The van der Waals surface area contributed by atoms with Crippen molar-refractivity contribution in [2.45, 2.75) is 58.4 Å². The zero-order valence-electron chi connectivity index (χ0n) is 18.5. The van der Waals surface area contributed by atoms with E-state index in [0.717, 1.165) is 68.0 Å². The molecule has 1 amide bonds. The summed E-state index contributed by atoms with van der Waals surface area (Å²) in [5.41, 5.74) is 1.79. The number of aromatic nitrogens is 3. The number of rotatable bonds is 5. The van der Waals surface area contributed by atoms with Crippen molar-refractivity contribution in [3.63, 3.8) is 0 Å². The molecule has 0 radical (unpaired) electrons. The molecule has 1 fully saturated rings. The Bertz CT molecular complexity index is 1160. The summed E-state index contributed by atoms with van der Waals surface area (Å²) < 4.78 is 1.48. The van der Waals surface area contributed by atoms with Crippen LogP contribution >= 0.6 is 22.7 Å². The predicted molar refractivity (Wildman–Crippen MR) is 129 cm³/mol. The smallest absolute Gasteiger partial charge is 0.278 e. The molecule has 3 aromatic rings. The van der Waals surface area contributed by atoms with Crippen molar-refractivity contribution in [1.82, 2.24) is 19.9 Å². The molecular weight excluding hydrogens is 442 g/mol. The lowest BCUT2D eigenvalue weighted by atomic mass is 9.94. The number of carbonyl (C=O) groups excluding carboxylic acids is 1. The highest BCUT2D eigenvalue weighted by Gasteiger charge is 2.30. The molecule has 1 aliphatic heterocycles. The predicted octanol–water partition coefficient (Wildman–Crippen LogP) is 3.82. The minimum atomic E-state index is -0.00484. The van der Waals surface area contributed by atoms with Crippen LogP contribution in [0.1, 0.15) is 61.7 Å². The lowest BCUT2D eigenvalue weighted by Gasteiger charge is -2.32. The van der Waals surface area contributed by atoms with Crippen LogP contribution in [0.4, 0.5) is 5.13 Å². The molecule has 1 atom stereocenters. The third-order valence-corrected chi connectivity index (χ3v) is 8.54. The maximum atomic E-state index is 13.0. The first-order valence-corrected chi connectivity index (χ1v) is 13.2. The summed E-state index contributed by atoms with van der Waals surface area (Å²) in [6.45, 7) is 5.82. The third-order valence-electron chi connectivity index (χ3n) is 6.62. The standard InChI is InChI=1S/C23H29N5O2S2/c1-14(2)19(18-8-5-13-31-18)25-20(29)15-9-11-27(12-10-15)23-26-28-21(30)16-6-3-4-7-17(16)24-22(28)32-23/h5,8,13-15,19H,3-4,6-7,9-12H2,1-2H3,(H,25,29)/t19-/m0/s1. The van der Waals surface area contributed by atoms with Crippen LogP contribution in [-0.2, 0) is 17.6 Å². The maximum absolute atomic E-state index is 13.0. The average Bonchev–Trinajstić information content (AvgIpc) is 3.48. The maximum Gasteiger partial charge on any atom is 0.278 e. The van der Waals surface area contributed by atoms with E-state index in [4.69, 9.17) is 4.98 Å². The first-order valence-electron chi connectivity index (χ1n) is 11.5. The number of amides is 1. The van der Waals surface area contributed by atoms with Gasteiger partial charge in [0.15, 0.2) is 0 Å². The van der Waals surface area contributed by atoms with Crippen LogP contribution in [0, 0.1) is 11.8 Å². The van der Waals surface area contributed by atoms with Gasteiger partial charge in [-0.1, -0.05) is 31.3 Å². The lowest BCUT2D eigenvalue weighted by molar-refractivity contribution is -0.126. The van der Waals surface area contributed by atoms with Crippen LogP contribution in [-0.4, -0.2) is 33.6 Å². The van der Waals surface area contributed by atoms with Crippen molar-refractivity contribution in [1.29, 1.82) is 0 Å². The normalized spacial score (nSPS) is 18.2. The Morgan fingerprint density at radius 3 is 2.72 bits per heavy atom. The molecule has 0 aromatic carbocycles. The Morgan fingerprint density at radius 2 is 2.00 bits per heavy atom. The van der Waals surface area contributed by atoms with Crippen molar-refractivity contribution in [2.24, 2.45) is 11.8 Å². The first kappa shape index (κ1) is 21.6. The van der Waals surface area contributed by atoms with Gasteiger partial charge in [0.1, 0.15) is 0 Å². The van der Waals surface area contributed by atoms with Gasteiger partial charge in [0.25, 0.3) is 5.56 Å². The first-order chi connectivity index (χ1) is 15.5. The van der Waals surface area contributed by atoms with E-state index in [2.05, 4.69) is 40.6 Å². The van der Waals surface area contributed by atoms with E-state index in [9.17, 15) is 9.59 Å². The fraction of sp³-hybridized carbons (Fsp3) is 0.565.